The Balaban J connectivity index is 0.00000192. The summed E-state index contributed by atoms with van der Waals surface area (Å²) in [6.07, 6.45) is 2.57. The summed E-state index contributed by atoms with van der Waals surface area (Å²) in [7, 11) is 0. The van der Waals surface area contributed by atoms with Crippen molar-refractivity contribution in [1.82, 2.24) is 20.0 Å². The maximum absolute atomic E-state index is 13.8. The first-order valence-corrected chi connectivity index (χ1v) is 7.05. The van der Waals surface area contributed by atoms with E-state index in [1.807, 2.05) is 6.92 Å². The third-order valence-electron chi connectivity index (χ3n) is 3.35. The number of hydrogen-bond donors (Lipinski definition) is 1. The molecule has 0 aliphatic carbocycles. The summed E-state index contributed by atoms with van der Waals surface area (Å²) in [6, 6.07) is 5.52. The Morgan fingerprint density at radius 1 is 1.17 bits per heavy atom. The summed E-state index contributed by atoms with van der Waals surface area (Å²) < 4.78 is 29.0. The summed E-state index contributed by atoms with van der Waals surface area (Å²) in [5.74, 6) is -0.566. The van der Waals surface area contributed by atoms with Crippen molar-refractivity contribution in [2.45, 2.75) is 19.9 Å². The molecule has 0 aliphatic heterocycles. The smallest absolute Gasteiger partial charge is 0.156 e. The number of fused-ring (bicyclic) bond motifs is 1. The Hall–Kier alpha value is -2.28. The molecule has 0 spiro atoms. The van der Waals surface area contributed by atoms with E-state index in [0.717, 1.165) is 13.0 Å². The Morgan fingerprint density at radius 3 is 2.61 bits per heavy atom. The fourth-order valence-corrected chi connectivity index (χ4v) is 2.22. The Bertz CT molecular complexity index is 785. The number of halogens is 3. The van der Waals surface area contributed by atoms with Gasteiger partial charge in [0.2, 0.25) is 0 Å². The van der Waals surface area contributed by atoms with Crippen LogP contribution in [0.5, 0.6) is 0 Å². The van der Waals surface area contributed by atoms with Gasteiger partial charge in [0, 0.05) is 18.3 Å². The first-order valence-electron chi connectivity index (χ1n) is 7.05. The zero-order valence-electron chi connectivity index (χ0n) is 12.5. The number of nitrogens with one attached hydrogen (secondary N) is 1. The minimum Gasteiger partial charge on any atom is -0.368 e. The molecule has 0 unspecified atom stereocenters. The molecule has 0 radical (unpaired) electrons. The van der Waals surface area contributed by atoms with Crippen LogP contribution in [0.3, 0.4) is 0 Å². The maximum Gasteiger partial charge on any atom is 0.156 e. The number of aromatic nitrogens is 4. The molecule has 0 fully saturated rings. The molecule has 0 bridgehead atoms. The largest absolute Gasteiger partial charge is 0.368 e. The Labute approximate surface area is 138 Å². The van der Waals surface area contributed by atoms with Crippen LogP contribution in [0.15, 0.2) is 30.5 Å². The average molecular weight is 340 g/mol. The third-order valence-corrected chi connectivity index (χ3v) is 3.35. The summed E-state index contributed by atoms with van der Waals surface area (Å²) >= 11 is 0. The van der Waals surface area contributed by atoms with E-state index in [1.54, 1.807) is 12.3 Å². The van der Waals surface area contributed by atoms with Crippen LogP contribution < -0.4 is 5.32 Å². The van der Waals surface area contributed by atoms with Gasteiger partial charge in [0.25, 0.3) is 0 Å². The predicted molar refractivity (Wildman–Crippen MR) is 86.8 cm³/mol. The van der Waals surface area contributed by atoms with E-state index in [4.69, 9.17) is 0 Å². The van der Waals surface area contributed by atoms with E-state index in [1.165, 1.54) is 22.9 Å². The van der Waals surface area contributed by atoms with E-state index in [9.17, 15) is 8.78 Å². The van der Waals surface area contributed by atoms with Gasteiger partial charge in [-0.25, -0.2) is 18.4 Å². The van der Waals surface area contributed by atoms with Gasteiger partial charge >= 0.3 is 0 Å². The van der Waals surface area contributed by atoms with Crippen molar-refractivity contribution in [2.75, 3.05) is 11.9 Å². The zero-order valence-corrected chi connectivity index (χ0v) is 13.3. The van der Waals surface area contributed by atoms with Crippen molar-refractivity contribution in [3.8, 4) is 0 Å². The highest BCUT2D eigenvalue weighted by Crippen LogP contribution is 2.20. The molecule has 8 heteroatoms. The minimum atomic E-state index is -0.595. The molecule has 122 valence electrons. The van der Waals surface area contributed by atoms with Crippen molar-refractivity contribution in [3.63, 3.8) is 0 Å². The van der Waals surface area contributed by atoms with Gasteiger partial charge in [-0.2, -0.15) is 0 Å². The second-order valence-electron chi connectivity index (χ2n) is 4.90. The topological polar surface area (TPSA) is 55.6 Å². The number of benzene rings is 1. The predicted octanol–water partition coefficient (Wildman–Crippen LogP) is 3.40. The molecule has 23 heavy (non-hydrogen) atoms. The standard InChI is InChI=1S/C15H15F2N5.ClH/c1-2-7-18-15-14-13(6-8-19-15)22(21-20-14)9-10-11(16)4-3-5-12(10)17;/h3-6,8H,2,7,9H2,1H3,(H,18,19);1H. The van der Waals surface area contributed by atoms with Gasteiger partial charge in [0.05, 0.1) is 12.1 Å². The molecule has 0 atom stereocenters. The number of hydrogen-bond acceptors (Lipinski definition) is 4. The SMILES string of the molecule is CCCNc1nccc2c1nnn2Cc1c(F)cccc1F.Cl. The fourth-order valence-electron chi connectivity index (χ4n) is 2.22. The molecular formula is C15H16ClF2N5. The lowest BCUT2D eigenvalue weighted by Gasteiger charge is -2.06. The second kappa shape index (κ2) is 7.32. The van der Waals surface area contributed by atoms with Crippen LogP contribution in [0.2, 0.25) is 0 Å². The normalized spacial score (nSPS) is 10.6. The lowest BCUT2D eigenvalue weighted by Crippen LogP contribution is -2.06. The fraction of sp³-hybridized carbons (Fsp3) is 0.267. The molecular weight excluding hydrogens is 324 g/mol. The quantitative estimate of drug-likeness (QED) is 0.774. The van der Waals surface area contributed by atoms with Crippen molar-refractivity contribution in [1.29, 1.82) is 0 Å². The van der Waals surface area contributed by atoms with Gasteiger partial charge in [-0.1, -0.05) is 18.2 Å². The highest BCUT2D eigenvalue weighted by Gasteiger charge is 2.14. The van der Waals surface area contributed by atoms with Gasteiger partial charge in [0.15, 0.2) is 11.3 Å². The lowest BCUT2D eigenvalue weighted by molar-refractivity contribution is 0.532. The molecule has 0 aliphatic rings. The van der Waals surface area contributed by atoms with Crippen LogP contribution in [0, 0.1) is 11.6 Å². The van der Waals surface area contributed by atoms with Gasteiger partial charge in [0.1, 0.15) is 11.6 Å². The van der Waals surface area contributed by atoms with Crippen LogP contribution in [-0.4, -0.2) is 26.5 Å². The van der Waals surface area contributed by atoms with Gasteiger partial charge in [-0.05, 0) is 24.6 Å². The molecule has 3 aromatic rings. The van der Waals surface area contributed by atoms with E-state index < -0.39 is 11.6 Å². The molecule has 1 N–H and O–H groups in total. The monoisotopic (exact) mass is 339 g/mol. The third kappa shape index (κ3) is 3.39. The molecule has 2 heterocycles. The molecule has 2 aromatic heterocycles. The summed E-state index contributed by atoms with van der Waals surface area (Å²) in [6.45, 7) is 2.79. The van der Waals surface area contributed by atoms with E-state index >= 15 is 0 Å². The first kappa shape index (κ1) is 17.1. The highest BCUT2D eigenvalue weighted by molar-refractivity contribution is 5.85. The number of pyridine rings is 1. The lowest BCUT2D eigenvalue weighted by atomic mass is 10.2. The van der Waals surface area contributed by atoms with Crippen LogP contribution in [0.4, 0.5) is 14.6 Å². The van der Waals surface area contributed by atoms with Gasteiger partial charge in [-0.15, -0.1) is 17.5 Å². The number of nitrogens with zero attached hydrogens (tertiary/aromatic N) is 4. The second-order valence-corrected chi connectivity index (χ2v) is 4.90. The minimum absolute atomic E-state index is 0. The van der Waals surface area contributed by atoms with E-state index in [-0.39, 0.29) is 24.5 Å². The molecule has 3 rings (SSSR count). The summed E-state index contributed by atoms with van der Waals surface area (Å²) in [5.41, 5.74) is 1.23. The molecule has 1 aromatic carbocycles. The van der Waals surface area contributed by atoms with E-state index in [2.05, 4.69) is 20.6 Å². The van der Waals surface area contributed by atoms with Crippen LogP contribution in [0.1, 0.15) is 18.9 Å². The highest BCUT2D eigenvalue weighted by atomic mass is 35.5. The van der Waals surface area contributed by atoms with E-state index in [0.29, 0.717) is 16.9 Å². The van der Waals surface area contributed by atoms with Crippen molar-refractivity contribution >= 4 is 29.3 Å². The molecule has 0 saturated heterocycles. The molecule has 0 saturated carbocycles. The Morgan fingerprint density at radius 2 is 1.91 bits per heavy atom. The van der Waals surface area contributed by atoms with Gasteiger partial charge in [-0.3, -0.25) is 0 Å². The summed E-state index contributed by atoms with van der Waals surface area (Å²) in [5, 5.41) is 11.2. The first-order chi connectivity index (χ1) is 10.7. The number of anilines is 1. The number of rotatable bonds is 5. The van der Waals surface area contributed by atoms with Crippen molar-refractivity contribution in [3.05, 3.63) is 47.7 Å². The molecule has 0 amide bonds. The molecule has 5 nitrogen and oxygen atoms in total. The maximum atomic E-state index is 13.8. The van der Waals surface area contributed by atoms with Crippen LogP contribution in [-0.2, 0) is 6.54 Å². The summed E-state index contributed by atoms with van der Waals surface area (Å²) in [4.78, 5) is 4.22. The van der Waals surface area contributed by atoms with Crippen molar-refractivity contribution < 1.29 is 8.78 Å². The van der Waals surface area contributed by atoms with Crippen LogP contribution in [0.25, 0.3) is 11.0 Å². The Kier molecular flexibility index (Phi) is 5.44. The average Bonchev–Trinajstić information content (AvgIpc) is 2.93. The van der Waals surface area contributed by atoms with Gasteiger partial charge < -0.3 is 5.32 Å². The van der Waals surface area contributed by atoms with Crippen molar-refractivity contribution in [2.24, 2.45) is 0 Å². The van der Waals surface area contributed by atoms with Crippen LogP contribution >= 0.6 is 12.4 Å². The zero-order chi connectivity index (χ0) is 15.5.